The van der Waals surface area contributed by atoms with Crippen molar-refractivity contribution in [2.45, 2.75) is 45.3 Å². The van der Waals surface area contributed by atoms with Gasteiger partial charge in [0.2, 0.25) is 0 Å². The largest absolute Gasteiger partial charge is 0.416 e. The van der Waals surface area contributed by atoms with Gasteiger partial charge in [0.05, 0.1) is 0 Å². The fourth-order valence-electron chi connectivity index (χ4n) is 0.692. The van der Waals surface area contributed by atoms with Crippen molar-refractivity contribution in [3.05, 3.63) is 18.4 Å². The molecule has 0 bridgehead atoms. The van der Waals surface area contributed by atoms with Crippen LogP contribution in [0, 0.1) is 0 Å². The van der Waals surface area contributed by atoms with Gasteiger partial charge >= 0.3 is 0 Å². The summed E-state index contributed by atoms with van der Waals surface area (Å²) in [5.74, 6) is 0. The van der Waals surface area contributed by atoms with Crippen molar-refractivity contribution in [3.63, 3.8) is 0 Å². The molecular weight excluding hydrogens is 176 g/mol. The molecule has 0 unspecified atom stereocenters. The van der Waals surface area contributed by atoms with E-state index in [4.69, 9.17) is 4.43 Å². The normalized spacial score (nSPS) is 12.4. The van der Waals surface area contributed by atoms with Crippen molar-refractivity contribution in [2.24, 2.45) is 0 Å². The molecule has 0 aliphatic heterocycles. The molecule has 0 fully saturated rings. The third-order valence-corrected chi connectivity index (χ3v) is 7.21. The predicted molar refractivity (Wildman–Crippen MR) is 61.5 cm³/mol. The molecule has 0 aromatic carbocycles. The molecule has 0 saturated carbocycles. The third-order valence-electron chi connectivity index (χ3n) is 2.68. The molecule has 0 aliphatic rings. The van der Waals surface area contributed by atoms with Gasteiger partial charge in [0.15, 0.2) is 8.32 Å². The van der Waals surface area contributed by atoms with E-state index in [-0.39, 0.29) is 0 Å². The van der Waals surface area contributed by atoms with Crippen LogP contribution in [0.3, 0.4) is 0 Å². The zero-order valence-corrected chi connectivity index (χ0v) is 10.6. The molecule has 0 aliphatic carbocycles. The van der Waals surface area contributed by atoms with Crippen LogP contribution in [0.2, 0.25) is 18.1 Å². The zero-order chi connectivity index (χ0) is 10.5. The predicted octanol–water partition coefficient (Wildman–Crippen LogP) is 3.74. The molecule has 0 aromatic rings. The van der Waals surface area contributed by atoms with E-state index in [0.717, 1.165) is 13.0 Å². The molecule has 0 heterocycles. The molecule has 1 nitrogen and oxygen atoms in total. The van der Waals surface area contributed by atoms with Gasteiger partial charge in [-0.2, -0.15) is 0 Å². The second-order valence-electron chi connectivity index (χ2n) is 4.81. The average molecular weight is 198 g/mol. The van der Waals surface area contributed by atoms with E-state index in [9.17, 15) is 0 Å². The highest BCUT2D eigenvalue weighted by atomic mass is 28.4. The first kappa shape index (κ1) is 12.7. The molecule has 0 rings (SSSR count). The first-order valence-corrected chi connectivity index (χ1v) is 7.70. The Morgan fingerprint density at radius 1 is 1.38 bits per heavy atom. The highest BCUT2D eigenvalue weighted by molar-refractivity contribution is 6.74. The van der Waals surface area contributed by atoms with Crippen molar-refractivity contribution in [1.82, 2.24) is 0 Å². The molecule has 0 spiro atoms. The maximum Gasteiger partial charge on any atom is 0.191 e. The van der Waals surface area contributed by atoms with Gasteiger partial charge in [-0.15, -0.1) is 5.73 Å². The Morgan fingerprint density at radius 2 is 1.92 bits per heavy atom. The Bertz CT molecular complexity index is 195. The highest BCUT2D eigenvalue weighted by Gasteiger charge is 2.36. The van der Waals surface area contributed by atoms with E-state index < -0.39 is 8.32 Å². The van der Waals surface area contributed by atoms with Crippen molar-refractivity contribution in [3.8, 4) is 0 Å². The summed E-state index contributed by atoms with van der Waals surface area (Å²) in [5, 5.41) is 0.310. The van der Waals surface area contributed by atoms with Gasteiger partial charge < -0.3 is 4.43 Å². The SMILES string of the molecule is C=C=CCCO[Si](C)(C)C(C)(C)C. The van der Waals surface area contributed by atoms with Crippen molar-refractivity contribution in [1.29, 1.82) is 0 Å². The van der Waals surface area contributed by atoms with E-state index in [1.165, 1.54) is 0 Å². The summed E-state index contributed by atoms with van der Waals surface area (Å²) in [7, 11) is -1.52. The van der Waals surface area contributed by atoms with Crippen LogP contribution in [0.4, 0.5) is 0 Å². The fourth-order valence-corrected chi connectivity index (χ4v) is 1.75. The van der Waals surface area contributed by atoms with E-state index in [1.54, 1.807) is 0 Å². The molecule has 0 aromatic heterocycles. The second-order valence-corrected chi connectivity index (χ2v) is 9.61. The van der Waals surface area contributed by atoms with Gasteiger partial charge in [0.25, 0.3) is 0 Å². The highest BCUT2D eigenvalue weighted by Crippen LogP contribution is 2.36. The third kappa shape index (κ3) is 4.46. The summed E-state index contributed by atoms with van der Waals surface area (Å²) in [6, 6.07) is 0. The Balaban J connectivity index is 3.96. The lowest BCUT2D eigenvalue weighted by Crippen LogP contribution is -2.40. The molecule has 0 amide bonds. The lowest BCUT2D eigenvalue weighted by Gasteiger charge is -2.36. The lowest BCUT2D eigenvalue weighted by atomic mass is 10.2. The van der Waals surface area contributed by atoms with Crippen LogP contribution in [-0.2, 0) is 4.43 Å². The minimum absolute atomic E-state index is 0.310. The Morgan fingerprint density at radius 3 is 2.31 bits per heavy atom. The maximum atomic E-state index is 5.94. The van der Waals surface area contributed by atoms with Gasteiger partial charge in [-0.3, -0.25) is 0 Å². The van der Waals surface area contributed by atoms with Crippen LogP contribution in [0.25, 0.3) is 0 Å². The molecule has 13 heavy (non-hydrogen) atoms. The van der Waals surface area contributed by atoms with E-state index >= 15 is 0 Å². The first-order valence-electron chi connectivity index (χ1n) is 4.79. The smallest absolute Gasteiger partial charge is 0.191 e. The molecule has 0 atom stereocenters. The van der Waals surface area contributed by atoms with Crippen LogP contribution in [0.5, 0.6) is 0 Å². The lowest BCUT2D eigenvalue weighted by molar-refractivity contribution is 0.294. The minimum Gasteiger partial charge on any atom is -0.416 e. The monoisotopic (exact) mass is 198 g/mol. The van der Waals surface area contributed by atoms with Gasteiger partial charge in [-0.25, -0.2) is 0 Å². The molecule has 0 radical (unpaired) electrons. The van der Waals surface area contributed by atoms with Gasteiger partial charge in [-0.05, 0) is 30.6 Å². The van der Waals surface area contributed by atoms with Crippen molar-refractivity contribution >= 4 is 8.32 Å². The Hall–Kier alpha value is -0.303. The van der Waals surface area contributed by atoms with Crippen LogP contribution >= 0.6 is 0 Å². The van der Waals surface area contributed by atoms with Gasteiger partial charge in [0.1, 0.15) is 0 Å². The quantitative estimate of drug-likeness (QED) is 0.380. The summed E-state index contributed by atoms with van der Waals surface area (Å²) in [4.78, 5) is 0. The fraction of sp³-hybridized carbons (Fsp3) is 0.727. The molecule has 0 saturated heterocycles. The minimum atomic E-state index is -1.52. The molecular formula is C11H22OSi. The van der Waals surface area contributed by atoms with Gasteiger partial charge in [0, 0.05) is 6.61 Å². The van der Waals surface area contributed by atoms with Crippen LogP contribution in [0.1, 0.15) is 27.2 Å². The second kappa shape index (κ2) is 4.80. The van der Waals surface area contributed by atoms with E-state index in [2.05, 4.69) is 46.2 Å². The van der Waals surface area contributed by atoms with Crippen LogP contribution < -0.4 is 0 Å². The molecule has 0 N–H and O–H groups in total. The Labute approximate surface area is 83.6 Å². The molecule has 2 heteroatoms. The van der Waals surface area contributed by atoms with E-state index in [0.29, 0.717) is 5.04 Å². The first-order chi connectivity index (χ1) is 5.81. The summed E-state index contributed by atoms with van der Waals surface area (Å²) in [5.41, 5.74) is 2.75. The molecule has 76 valence electrons. The maximum absolute atomic E-state index is 5.94. The zero-order valence-electron chi connectivity index (χ0n) is 9.61. The topological polar surface area (TPSA) is 9.23 Å². The number of rotatable bonds is 4. The van der Waals surface area contributed by atoms with Gasteiger partial charge in [-0.1, -0.05) is 27.4 Å². The summed E-state index contributed by atoms with van der Waals surface area (Å²) in [6.45, 7) is 15.6. The average Bonchev–Trinajstić information content (AvgIpc) is 1.96. The van der Waals surface area contributed by atoms with Crippen molar-refractivity contribution in [2.75, 3.05) is 6.61 Å². The summed E-state index contributed by atoms with van der Waals surface area (Å²) in [6.07, 6.45) is 2.85. The number of hydrogen-bond acceptors (Lipinski definition) is 1. The number of hydrogen-bond donors (Lipinski definition) is 0. The van der Waals surface area contributed by atoms with Crippen molar-refractivity contribution < 1.29 is 4.43 Å². The standard InChI is InChI=1S/C11H22OSi/c1-7-8-9-10-12-13(5,6)11(2,3)4/h8H,1,9-10H2,2-6H3. The summed E-state index contributed by atoms with van der Waals surface area (Å²) < 4.78 is 5.94. The van der Waals surface area contributed by atoms with E-state index in [1.807, 2.05) is 6.08 Å². The van der Waals surface area contributed by atoms with Crippen LogP contribution in [-0.4, -0.2) is 14.9 Å². The van der Waals surface area contributed by atoms with Crippen LogP contribution in [0.15, 0.2) is 18.4 Å². The Kier molecular flexibility index (Phi) is 4.69. The summed E-state index contributed by atoms with van der Waals surface area (Å²) >= 11 is 0.